The van der Waals surface area contributed by atoms with Gasteiger partial charge in [-0.2, -0.15) is 0 Å². The molecule has 2 amide bonds. The lowest BCUT2D eigenvalue weighted by Crippen LogP contribution is -2.28. The number of methoxy groups -OCH3 is 1. The molecule has 0 aliphatic carbocycles. The molecular weight excluding hydrogens is 398 g/mol. The first-order valence-electron chi connectivity index (χ1n) is 8.24. The van der Waals surface area contributed by atoms with E-state index in [2.05, 4.69) is 5.92 Å². The summed E-state index contributed by atoms with van der Waals surface area (Å²) in [5.74, 6) is 1.64. The number of rotatable bonds is 7. The first kappa shape index (κ1) is 20.1. The van der Waals surface area contributed by atoms with Crippen molar-refractivity contribution in [1.82, 2.24) is 4.90 Å². The number of imide groups is 1. The highest BCUT2D eigenvalue weighted by Gasteiger charge is 2.34. The molecule has 0 unspecified atom stereocenters. The van der Waals surface area contributed by atoms with Crippen molar-refractivity contribution < 1.29 is 33.4 Å². The van der Waals surface area contributed by atoms with Crippen LogP contribution in [-0.2, 0) is 11.4 Å². The van der Waals surface area contributed by atoms with E-state index in [-0.39, 0.29) is 23.8 Å². The largest absolute Gasteiger partial charge is 0.493 e. The number of carboxylic acid groups (broad SMARTS) is 1. The Hall–Kier alpha value is -3.64. The van der Waals surface area contributed by atoms with Gasteiger partial charge in [0.1, 0.15) is 12.4 Å². The molecule has 1 aliphatic heterocycles. The van der Waals surface area contributed by atoms with Crippen molar-refractivity contribution in [2.24, 2.45) is 0 Å². The van der Waals surface area contributed by atoms with E-state index >= 15 is 0 Å². The van der Waals surface area contributed by atoms with Crippen LogP contribution in [0.3, 0.4) is 0 Å². The van der Waals surface area contributed by atoms with Crippen molar-refractivity contribution in [3.05, 3.63) is 52.3 Å². The third-order valence-corrected chi connectivity index (χ3v) is 4.76. The fraction of sp³-hybridized carbons (Fsp3) is 0.150. The second-order valence-electron chi connectivity index (χ2n) is 5.74. The van der Waals surface area contributed by atoms with Gasteiger partial charge in [-0.05, 0) is 47.7 Å². The molecule has 8 nitrogen and oxygen atoms in total. The molecule has 3 rings (SSSR count). The first-order valence-corrected chi connectivity index (χ1v) is 9.06. The quantitative estimate of drug-likeness (QED) is 0.545. The van der Waals surface area contributed by atoms with Crippen molar-refractivity contribution in [3.63, 3.8) is 0 Å². The molecule has 1 aliphatic rings. The minimum absolute atomic E-state index is 0.00790. The van der Waals surface area contributed by atoms with E-state index in [0.717, 1.165) is 16.7 Å². The van der Waals surface area contributed by atoms with Crippen molar-refractivity contribution >= 4 is 35.0 Å². The van der Waals surface area contributed by atoms with E-state index in [1.165, 1.54) is 19.2 Å². The van der Waals surface area contributed by atoms with Gasteiger partial charge in [-0.25, -0.2) is 4.79 Å². The first-order chi connectivity index (χ1) is 13.9. The highest BCUT2D eigenvalue weighted by atomic mass is 32.2. The summed E-state index contributed by atoms with van der Waals surface area (Å²) in [6, 6.07) is 7.83. The van der Waals surface area contributed by atoms with E-state index < -0.39 is 17.1 Å². The molecule has 1 aromatic carbocycles. The number of amides is 2. The molecule has 2 heterocycles. The maximum Gasteiger partial charge on any atom is 0.371 e. The number of hydrogen-bond acceptors (Lipinski definition) is 7. The van der Waals surface area contributed by atoms with Crippen LogP contribution in [0.15, 0.2) is 39.7 Å². The monoisotopic (exact) mass is 413 g/mol. The molecule has 0 saturated carbocycles. The Labute approximate surface area is 170 Å². The summed E-state index contributed by atoms with van der Waals surface area (Å²) in [6.07, 6.45) is 6.75. The summed E-state index contributed by atoms with van der Waals surface area (Å²) in [6.45, 7) is -0.0670. The zero-order valence-corrected chi connectivity index (χ0v) is 16.0. The van der Waals surface area contributed by atoms with Gasteiger partial charge in [0, 0.05) is 0 Å². The minimum atomic E-state index is -1.16. The Morgan fingerprint density at radius 3 is 2.76 bits per heavy atom. The lowest BCUT2D eigenvalue weighted by atomic mass is 10.2. The number of carbonyl (C=O) groups is 3. The third-order valence-electron chi connectivity index (χ3n) is 3.85. The highest BCUT2D eigenvalue weighted by Crippen LogP contribution is 2.34. The molecule has 1 fully saturated rings. The highest BCUT2D eigenvalue weighted by molar-refractivity contribution is 8.18. The average Bonchev–Trinajstić information content (AvgIpc) is 3.28. The molecule has 1 saturated heterocycles. The lowest BCUT2D eigenvalue weighted by Gasteiger charge is -2.10. The fourth-order valence-corrected chi connectivity index (χ4v) is 3.33. The van der Waals surface area contributed by atoms with E-state index in [1.807, 2.05) is 0 Å². The van der Waals surface area contributed by atoms with Gasteiger partial charge in [0.2, 0.25) is 5.76 Å². The Balaban J connectivity index is 1.75. The topological polar surface area (TPSA) is 106 Å². The summed E-state index contributed by atoms with van der Waals surface area (Å²) in [5, 5.41) is 8.46. The predicted octanol–water partition coefficient (Wildman–Crippen LogP) is 3.23. The molecule has 0 radical (unpaired) electrons. The van der Waals surface area contributed by atoms with E-state index in [9.17, 15) is 14.4 Å². The molecule has 0 atom stereocenters. The standard InChI is InChI=1S/C20H15NO7S/c1-3-8-21-18(22)17(29-20(21)25)10-12-4-6-14(16(9-12)26-2)27-11-13-5-7-15(28-13)19(23)24/h1,4-7,9-10H,8,11H2,2H3,(H,23,24). The Morgan fingerprint density at radius 1 is 1.31 bits per heavy atom. The predicted molar refractivity (Wildman–Crippen MR) is 105 cm³/mol. The van der Waals surface area contributed by atoms with Crippen molar-refractivity contribution in [1.29, 1.82) is 0 Å². The molecular formula is C20H15NO7S. The summed E-state index contributed by atoms with van der Waals surface area (Å²) in [5.41, 5.74) is 0.631. The normalized spacial score (nSPS) is 14.9. The van der Waals surface area contributed by atoms with Crippen molar-refractivity contribution in [3.8, 4) is 23.8 Å². The van der Waals surface area contributed by atoms with Gasteiger partial charge in [-0.3, -0.25) is 14.5 Å². The third kappa shape index (κ3) is 4.44. The van der Waals surface area contributed by atoms with E-state index in [4.69, 9.17) is 25.4 Å². The Bertz CT molecular complexity index is 1050. The lowest BCUT2D eigenvalue weighted by molar-refractivity contribution is -0.122. The summed E-state index contributed by atoms with van der Waals surface area (Å²) in [7, 11) is 1.46. The molecule has 0 spiro atoms. The van der Waals surface area contributed by atoms with Crippen LogP contribution < -0.4 is 9.47 Å². The summed E-state index contributed by atoms with van der Waals surface area (Å²) < 4.78 is 16.1. The van der Waals surface area contributed by atoms with Crippen LogP contribution in [0.25, 0.3) is 6.08 Å². The number of ether oxygens (including phenoxy) is 2. The zero-order chi connectivity index (χ0) is 21.0. The van der Waals surface area contributed by atoms with Crippen LogP contribution in [0.2, 0.25) is 0 Å². The van der Waals surface area contributed by atoms with Crippen LogP contribution in [0.5, 0.6) is 11.5 Å². The number of carbonyl (C=O) groups excluding carboxylic acids is 2. The molecule has 148 valence electrons. The second-order valence-corrected chi connectivity index (χ2v) is 6.74. The Morgan fingerprint density at radius 2 is 2.10 bits per heavy atom. The molecule has 1 N–H and O–H groups in total. The number of benzene rings is 1. The van der Waals surface area contributed by atoms with E-state index in [1.54, 1.807) is 24.3 Å². The summed E-state index contributed by atoms with van der Waals surface area (Å²) >= 11 is 0.817. The number of terminal acetylenes is 1. The maximum atomic E-state index is 12.3. The van der Waals surface area contributed by atoms with E-state index in [0.29, 0.717) is 22.8 Å². The number of nitrogens with zero attached hydrogens (tertiary/aromatic N) is 1. The van der Waals surface area contributed by atoms with Gasteiger partial charge >= 0.3 is 5.97 Å². The summed E-state index contributed by atoms with van der Waals surface area (Å²) in [4.78, 5) is 36.2. The van der Waals surface area contributed by atoms with Crippen LogP contribution in [-0.4, -0.2) is 40.8 Å². The fourth-order valence-electron chi connectivity index (χ4n) is 2.49. The number of aromatic carboxylic acids is 1. The number of furan rings is 1. The zero-order valence-electron chi connectivity index (χ0n) is 15.2. The van der Waals surface area contributed by atoms with Crippen molar-refractivity contribution in [2.75, 3.05) is 13.7 Å². The van der Waals surface area contributed by atoms with Gasteiger partial charge in [0.05, 0.1) is 18.6 Å². The molecule has 2 aromatic rings. The molecule has 0 bridgehead atoms. The average molecular weight is 413 g/mol. The molecule has 29 heavy (non-hydrogen) atoms. The van der Waals surface area contributed by atoms with Crippen LogP contribution in [0, 0.1) is 12.3 Å². The number of hydrogen-bond donors (Lipinski definition) is 1. The minimum Gasteiger partial charge on any atom is -0.493 e. The molecule has 9 heteroatoms. The van der Waals surface area contributed by atoms with Gasteiger partial charge in [-0.1, -0.05) is 12.0 Å². The van der Waals surface area contributed by atoms with Crippen molar-refractivity contribution in [2.45, 2.75) is 6.61 Å². The van der Waals surface area contributed by atoms with Gasteiger partial charge in [-0.15, -0.1) is 6.42 Å². The van der Waals surface area contributed by atoms with Gasteiger partial charge in [0.15, 0.2) is 11.5 Å². The number of carboxylic acids is 1. The number of thioether (sulfide) groups is 1. The van der Waals surface area contributed by atoms with Crippen LogP contribution in [0.1, 0.15) is 21.9 Å². The smallest absolute Gasteiger partial charge is 0.371 e. The van der Waals surface area contributed by atoms with Crippen LogP contribution in [0.4, 0.5) is 4.79 Å². The van der Waals surface area contributed by atoms with Gasteiger partial charge < -0.3 is 19.0 Å². The maximum absolute atomic E-state index is 12.3. The van der Waals surface area contributed by atoms with Gasteiger partial charge in [0.25, 0.3) is 11.1 Å². The molecule has 1 aromatic heterocycles. The SMILES string of the molecule is C#CCN1C(=O)SC(=Cc2ccc(OCc3ccc(C(=O)O)o3)c(OC)c2)C1=O. The Kier molecular flexibility index (Phi) is 5.95. The second kappa shape index (κ2) is 8.58. The van der Waals surface area contributed by atoms with Crippen LogP contribution >= 0.6 is 11.8 Å².